The molecule has 0 aliphatic carbocycles. The second kappa shape index (κ2) is 8.67. The lowest BCUT2D eigenvalue weighted by Gasteiger charge is -2.32. The Bertz CT molecular complexity index is 1320. The molecular formula is C24H24N6O4. The van der Waals surface area contributed by atoms with Gasteiger partial charge in [0.1, 0.15) is 17.4 Å². The zero-order chi connectivity index (χ0) is 23.8. The quantitative estimate of drug-likeness (QED) is 0.459. The van der Waals surface area contributed by atoms with Crippen LogP contribution in [-0.2, 0) is 16.6 Å². The van der Waals surface area contributed by atoms with Crippen LogP contribution in [0.15, 0.2) is 30.5 Å². The number of hydrogen-bond acceptors (Lipinski definition) is 5. The van der Waals surface area contributed by atoms with Crippen LogP contribution in [0.4, 0.5) is 5.69 Å². The van der Waals surface area contributed by atoms with Gasteiger partial charge in [-0.3, -0.25) is 24.4 Å². The highest BCUT2D eigenvalue weighted by molar-refractivity contribution is 6.03. The van der Waals surface area contributed by atoms with Gasteiger partial charge in [0.2, 0.25) is 17.5 Å². The van der Waals surface area contributed by atoms with Gasteiger partial charge in [-0.25, -0.2) is 4.85 Å². The average Bonchev–Trinajstić information content (AvgIpc) is 3.45. The van der Waals surface area contributed by atoms with Gasteiger partial charge in [0.05, 0.1) is 23.9 Å². The minimum atomic E-state index is -0.470. The van der Waals surface area contributed by atoms with E-state index >= 15 is 0 Å². The van der Waals surface area contributed by atoms with E-state index in [1.165, 1.54) is 6.20 Å². The number of imide groups is 1. The van der Waals surface area contributed by atoms with Crippen molar-refractivity contribution < 1.29 is 19.1 Å². The smallest absolute Gasteiger partial charge is 0.268 e. The number of nitrogens with one attached hydrogen (secondary N) is 2. The molecule has 2 saturated heterocycles. The van der Waals surface area contributed by atoms with Gasteiger partial charge in [-0.05, 0) is 18.6 Å². The van der Waals surface area contributed by atoms with Crippen LogP contribution in [0.5, 0.6) is 5.75 Å². The molecule has 3 aromatic rings. The molecule has 174 valence electrons. The maximum Gasteiger partial charge on any atom is 0.268 e. The first-order valence-corrected chi connectivity index (χ1v) is 11.3. The third-order valence-electron chi connectivity index (χ3n) is 6.48. The summed E-state index contributed by atoms with van der Waals surface area (Å²) in [5.74, 6) is -0.469. The molecule has 2 fully saturated rings. The lowest BCUT2D eigenvalue weighted by Crippen LogP contribution is -2.41. The molecule has 2 aliphatic heterocycles. The van der Waals surface area contributed by atoms with Crippen molar-refractivity contribution in [1.29, 1.82) is 0 Å². The first kappa shape index (κ1) is 21.7. The molecule has 2 aliphatic rings. The minimum Gasteiger partial charge on any atom is -0.488 e. The highest BCUT2D eigenvalue weighted by Crippen LogP contribution is 2.35. The molecule has 1 unspecified atom stereocenters. The Morgan fingerprint density at radius 2 is 2.03 bits per heavy atom. The number of aryl methyl sites for hydroxylation is 1. The summed E-state index contributed by atoms with van der Waals surface area (Å²) in [5, 5.41) is 7.85. The van der Waals surface area contributed by atoms with Crippen molar-refractivity contribution in [3.8, 4) is 5.75 Å². The number of amides is 3. The molecule has 0 saturated carbocycles. The Morgan fingerprint density at radius 1 is 1.24 bits per heavy atom. The first-order valence-electron chi connectivity index (χ1n) is 11.3. The summed E-state index contributed by atoms with van der Waals surface area (Å²) in [6.07, 6.45) is 3.56. The highest BCUT2D eigenvalue weighted by atomic mass is 16.5. The molecule has 2 aromatic heterocycles. The highest BCUT2D eigenvalue weighted by Gasteiger charge is 2.32. The van der Waals surface area contributed by atoms with E-state index in [9.17, 15) is 14.4 Å². The summed E-state index contributed by atoms with van der Waals surface area (Å²) < 4.78 is 8.07. The summed E-state index contributed by atoms with van der Waals surface area (Å²) >= 11 is 0. The summed E-state index contributed by atoms with van der Waals surface area (Å²) in [5.41, 5.74) is 2.30. The number of para-hydroxylation sites is 1. The summed E-state index contributed by atoms with van der Waals surface area (Å²) in [6, 6.07) is 7.26. The van der Waals surface area contributed by atoms with Gasteiger partial charge in [0.25, 0.3) is 5.91 Å². The summed E-state index contributed by atoms with van der Waals surface area (Å²) in [7, 11) is 1.82. The molecule has 4 heterocycles. The van der Waals surface area contributed by atoms with Crippen molar-refractivity contribution in [3.05, 3.63) is 53.3 Å². The van der Waals surface area contributed by atoms with Crippen molar-refractivity contribution in [2.24, 2.45) is 7.05 Å². The standard InChI is InChI=1S/C24H24N6O4/c1-25-14-12-18(26-13-14)24(33)30-10-8-15(9-11-30)34-19-5-3-4-16-21(28-29(2)22(16)19)17-6-7-20(31)27-23(17)32/h3-5,12-13,15,17,26H,6-11H2,2H3,(H,27,31,32). The Kier molecular flexibility index (Phi) is 5.53. The summed E-state index contributed by atoms with van der Waals surface area (Å²) in [6.45, 7) is 8.16. The molecule has 2 N–H and O–H groups in total. The topological polar surface area (TPSA) is 114 Å². The fourth-order valence-electron chi connectivity index (χ4n) is 4.73. The van der Waals surface area contributed by atoms with E-state index in [2.05, 4.69) is 20.2 Å². The Morgan fingerprint density at radius 3 is 2.74 bits per heavy atom. The van der Waals surface area contributed by atoms with Crippen LogP contribution in [-0.4, -0.2) is 56.6 Å². The predicted molar refractivity (Wildman–Crippen MR) is 122 cm³/mol. The zero-order valence-corrected chi connectivity index (χ0v) is 18.7. The van der Waals surface area contributed by atoms with Gasteiger partial charge in [-0.15, -0.1) is 0 Å². The Hall–Kier alpha value is -4.13. The Balaban J connectivity index is 1.30. The van der Waals surface area contributed by atoms with E-state index in [4.69, 9.17) is 11.3 Å². The van der Waals surface area contributed by atoms with Crippen molar-refractivity contribution in [1.82, 2.24) is 25.0 Å². The number of carbonyl (C=O) groups is 3. The second-order valence-electron chi connectivity index (χ2n) is 8.66. The van der Waals surface area contributed by atoms with Gasteiger partial charge in [0, 0.05) is 51.0 Å². The number of ether oxygens (including phenoxy) is 1. The maximum absolute atomic E-state index is 12.7. The molecular weight excluding hydrogens is 436 g/mol. The molecule has 0 radical (unpaired) electrons. The number of fused-ring (bicyclic) bond motifs is 1. The second-order valence-corrected chi connectivity index (χ2v) is 8.66. The van der Waals surface area contributed by atoms with Gasteiger partial charge < -0.3 is 14.6 Å². The van der Waals surface area contributed by atoms with Gasteiger partial charge in [0.15, 0.2) is 0 Å². The van der Waals surface area contributed by atoms with Crippen LogP contribution in [0.2, 0.25) is 0 Å². The van der Waals surface area contributed by atoms with E-state index in [1.54, 1.807) is 15.6 Å². The maximum atomic E-state index is 12.7. The number of aromatic nitrogens is 3. The van der Waals surface area contributed by atoms with Crippen molar-refractivity contribution in [2.75, 3.05) is 13.1 Å². The number of nitrogens with zero attached hydrogens (tertiary/aromatic N) is 4. The number of likely N-dealkylation sites (tertiary alicyclic amines) is 1. The number of carbonyl (C=O) groups excluding carboxylic acids is 3. The Labute approximate surface area is 195 Å². The number of H-pyrrole nitrogens is 1. The van der Waals surface area contributed by atoms with Crippen LogP contribution in [0.3, 0.4) is 0 Å². The van der Waals surface area contributed by atoms with Crippen molar-refractivity contribution in [3.63, 3.8) is 0 Å². The average molecular weight is 460 g/mol. The summed E-state index contributed by atoms with van der Waals surface area (Å²) in [4.78, 5) is 44.6. The monoisotopic (exact) mass is 460 g/mol. The fraction of sp³-hybridized carbons (Fsp3) is 0.375. The van der Waals surface area contributed by atoms with Crippen molar-refractivity contribution in [2.45, 2.75) is 37.7 Å². The SMILES string of the molecule is [C-]#[N+]c1c[nH]c(C(=O)N2CCC(Oc3cccc4c(C5CCC(=O)NC5=O)nn(C)c34)CC2)c1. The van der Waals surface area contributed by atoms with Crippen LogP contribution in [0.1, 0.15) is 47.8 Å². The van der Waals surface area contributed by atoms with E-state index < -0.39 is 5.92 Å². The molecule has 10 heteroatoms. The molecule has 0 spiro atoms. The lowest BCUT2D eigenvalue weighted by atomic mass is 9.93. The number of aromatic amines is 1. The molecule has 1 aromatic carbocycles. The van der Waals surface area contributed by atoms with Crippen LogP contribution in [0, 0.1) is 6.57 Å². The molecule has 10 nitrogen and oxygen atoms in total. The number of benzene rings is 1. The van der Waals surface area contributed by atoms with Gasteiger partial charge >= 0.3 is 0 Å². The lowest BCUT2D eigenvalue weighted by molar-refractivity contribution is -0.134. The predicted octanol–water partition coefficient (Wildman–Crippen LogP) is 2.66. The van der Waals surface area contributed by atoms with Crippen molar-refractivity contribution >= 4 is 34.3 Å². The molecule has 0 bridgehead atoms. The molecule has 5 rings (SSSR count). The molecule has 3 amide bonds. The largest absolute Gasteiger partial charge is 0.488 e. The van der Waals surface area contributed by atoms with Crippen LogP contribution >= 0.6 is 0 Å². The van der Waals surface area contributed by atoms with E-state index in [0.29, 0.717) is 61.6 Å². The van der Waals surface area contributed by atoms with E-state index in [0.717, 1.165) is 10.9 Å². The number of hydrogen-bond donors (Lipinski definition) is 2. The fourth-order valence-corrected chi connectivity index (χ4v) is 4.73. The first-order chi connectivity index (χ1) is 16.4. The minimum absolute atomic E-state index is 0.0638. The number of rotatable bonds is 4. The van der Waals surface area contributed by atoms with E-state index in [1.807, 2.05) is 25.2 Å². The van der Waals surface area contributed by atoms with E-state index in [-0.39, 0.29) is 23.8 Å². The molecule has 1 atom stereocenters. The van der Waals surface area contributed by atoms with Gasteiger partial charge in [-0.1, -0.05) is 12.1 Å². The third kappa shape index (κ3) is 3.90. The zero-order valence-electron chi connectivity index (χ0n) is 18.7. The normalized spacial score (nSPS) is 19.2. The van der Waals surface area contributed by atoms with Gasteiger partial charge in [-0.2, -0.15) is 5.10 Å². The third-order valence-corrected chi connectivity index (χ3v) is 6.48. The van der Waals surface area contributed by atoms with Crippen LogP contribution < -0.4 is 10.1 Å². The van der Waals surface area contributed by atoms with Crippen LogP contribution in [0.25, 0.3) is 15.7 Å². The molecule has 34 heavy (non-hydrogen) atoms. The number of piperidine rings is 2.